The van der Waals surface area contributed by atoms with E-state index < -0.39 is 0 Å². The highest BCUT2D eigenvalue weighted by molar-refractivity contribution is 5.38. The summed E-state index contributed by atoms with van der Waals surface area (Å²) in [4.78, 5) is 0. The first-order valence-electron chi connectivity index (χ1n) is 7.23. The molecule has 0 aliphatic carbocycles. The first-order valence-corrected chi connectivity index (χ1v) is 7.23. The molecule has 0 saturated carbocycles. The molecule has 0 bridgehead atoms. The molecular weight excluding hydrogens is 238 g/mol. The van der Waals surface area contributed by atoms with Crippen LogP contribution >= 0.6 is 0 Å². The van der Waals surface area contributed by atoms with Gasteiger partial charge in [-0.3, -0.25) is 0 Å². The first kappa shape index (κ1) is 14.4. The van der Waals surface area contributed by atoms with Gasteiger partial charge in [0.2, 0.25) is 0 Å². The van der Waals surface area contributed by atoms with Crippen molar-refractivity contribution in [3.63, 3.8) is 0 Å². The number of hydrogen-bond donors (Lipinski definition) is 1. The fourth-order valence-corrected chi connectivity index (χ4v) is 2.77. The molecular formula is C16H25NO2. The number of rotatable bonds is 6. The highest BCUT2D eigenvalue weighted by Gasteiger charge is 2.29. The molecule has 0 aromatic heterocycles. The molecule has 1 aliphatic heterocycles. The molecule has 3 unspecified atom stereocenters. The Bertz CT molecular complexity index is 388. The second kappa shape index (κ2) is 6.92. The number of fused-ring (bicyclic) bond motifs is 1. The Labute approximate surface area is 116 Å². The van der Waals surface area contributed by atoms with E-state index in [0.717, 1.165) is 25.4 Å². The van der Waals surface area contributed by atoms with Gasteiger partial charge in [0, 0.05) is 30.7 Å². The largest absolute Gasteiger partial charge is 0.493 e. The number of methoxy groups -OCH3 is 1. The molecule has 1 aromatic rings. The van der Waals surface area contributed by atoms with Gasteiger partial charge in [-0.1, -0.05) is 38.5 Å². The quantitative estimate of drug-likeness (QED) is 0.855. The zero-order valence-corrected chi connectivity index (χ0v) is 12.2. The standard InChI is InChI=1S/C16H25NO2/c1-4-7-13(11-18-3)17-16-12(2)10-19-15-9-6-5-8-14(15)16/h5-6,8-9,12-13,16-17H,4,7,10-11H2,1-3H3. The summed E-state index contributed by atoms with van der Waals surface area (Å²) in [6, 6.07) is 9.11. The maximum Gasteiger partial charge on any atom is 0.124 e. The highest BCUT2D eigenvalue weighted by atomic mass is 16.5. The summed E-state index contributed by atoms with van der Waals surface area (Å²) >= 11 is 0. The second-order valence-corrected chi connectivity index (χ2v) is 5.41. The van der Waals surface area contributed by atoms with Gasteiger partial charge in [-0.15, -0.1) is 0 Å². The van der Waals surface area contributed by atoms with E-state index in [1.165, 1.54) is 12.0 Å². The number of para-hydroxylation sites is 1. The Morgan fingerprint density at radius 2 is 2.21 bits per heavy atom. The minimum atomic E-state index is 0.358. The predicted octanol–water partition coefficient (Wildman–Crippen LogP) is 3.16. The van der Waals surface area contributed by atoms with Gasteiger partial charge in [-0.2, -0.15) is 0 Å². The summed E-state index contributed by atoms with van der Waals surface area (Å²) in [7, 11) is 1.77. The van der Waals surface area contributed by atoms with E-state index in [1.807, 2.05) is 6.07 Å². The monoisotopic (exact) mass is 263 g/mol. The molecule has 0 saturated heterocycles. The van der Waals surface area contributed by atoms with Crippen LogP contribution in [-0.4, -0.2) is 26.4 Å². The lowest BCUT2D eigenvalue weighted by atomic mass is 9.91. The molecule has 19 heavy (non-hydrogen) atoms. The maximum absolute atomic E-state index is 5.80. The van der Waals surface area contributed by atoms with Crippen molar-refractivity contribution in [1.29, 1.82) is 0 Å². The number of ether oxygens (including phenoxy) is 2. The molecule has 1 aliphatic rings. The van der Waals surface area contributed by atoms with Crippen molar-refractivity contribution in [2.75, 3.05) is 20.3 Å². The smallest absolute Gasteiger partial charge is 0.124 e. The molecule has 3 nitrogen and oxygen atoms in total. The topological polar surface area (TPSA) is 30.5 Å². The zero-order valence-electron chi connectivity index (χ0n) is 12.2. The van der Waals surface area contributed by atoms with Crippen molar-refractivity contribution in [3.05, 3.63) is 29.8 Å². The zero-order chi connectivity index (χ0) is 13.7. The fourth-order valence-electron chi connectivity index (χ4n) is 2.77. The average Bonchev–Trinajstić information content (AvgIpc) is 2.42. The molecule has 1 N–H and O–H groups in total. The van der Waals surface area contributed by atoms with Crippen molar-refractivity contribution in [3.8, 4) is 5.75 Å². The average molecular weight is 263 g/mol. The molecule has 0 amide bonds. The second-order valence-electron chi connectivity index (χ2n) is 5.41. The van der Waals surface area contributed by atoms with E-state index in [9.17, 15) is 0 Å². The molecule has 3 heteroatoms. The van der Waals surface area contributed by atoms with Crippen LogP contribution in [0.5, 0.6) is 5.75 Å². The Morgan fingerprint density at radius 3 is 2.95 bits per heavy atom. The van der Waals surface area contributed by atoms with Crippen molar-refractivity contribution in [1.82, 2.24) is 5.32 Å². The predicted molar refractivity (Wildman–Crippen MR) is 77.5 cm³/mol. The summed E-state index contributed by atoms with van der Waals surface area (Å²) in [6.45, 7) is 6.00. The van der Waals surface area contributed by atoms with Crippen molar-refractivity contribution >= 4 is 0 Å². The summed E-state index contributed by atoms with van der Waals surface area (Å²) in [6.07, 6.45) is 2.31. The summed E-state index contributed by atoms with van der Waals surface area (Å²) in [5.74, 6) is 1.50. The molecule has 2 rings (SSSR count). The highest BCUT2D eigenvalue weighted by Crippen LogP contribution is 2.35. The summed E-state index contributed by atoms with van der Waals surface area (Å²) in [5, 5.41) is 3.76. The SMILES string of the molecule is CCCC(COC)NC1c2ccccc2OCC1C. The fraction of sp³-hybridized carbons (Fsp3) is 0.625. The van der Waals surface area contributed by atoms with Gasteiger partial charge >= 0.3 is 0 Å². The van der Waals surface area contributed by atoms with Crippen molar-refractivity contribution in [2.45, 2.75) is 38.8 Å². The molecule has 1 aromatic carbocycles. The number of benzene rings is 1. The van der Waals surface area contributed by atoms with E-state index in [4.69, 9.17) is 9.47 Å². The van der Waals surface area contributed by atoms with Crippen LogP contribution in [0.15, 0.2) is 24.3 Å². The van der Waals surface area contributed by atoms with Gasteiger partial charge in [-0.05, 0) is 12.5 Å². The molecule has 106 valence electrons. The van der Waals surface area contributed by atoms with Crippen LogP contribution in [0.1, 0.15) is 38.3 Å². The van der Waals surface area contributed by atoms with E-state index in [-0.39, 0.29) is 0 Å². The number of nitrogens with one attached hydrogen (secondary N) is 1. The minimum Gasteiger partial charge on any atom is -0.493 e. The number of hydrogen-bond acceptors (Lipinski definition) is 3. The lowest BCUT2D eigenvalue weighted by Crippen LogP contribution is -2.41. The minimum absolute atomic E-state index is 0.358. The van der Waals surface area contributed by atoms with Crippen LogP contribution < -0.4 is 10.1 Å². The Kier molecular flexibility index (Phi) is 5.23. The Hall–Kier alpha value is -1.06. The van der Waals surface area contributed by atoms with Crippen LogP contribution in [0.25, 0.3) is 0 Å². The summed E-state index contributed by atoms with van der Waals surface area (Å²) < 4.78 is 11.1. The normalized spacial score (nSPS) is 23.5. The molecule has 0 spiro atoms. The van der Waals surface area contributed by atoms with E-state index >= 15 is 0 Å². The van der Waals surface area contributed by atoms with Crippen LogP contribution in [0.4, 0.5) is 0 Å². The molecule has 1 heterocycles. The van der Waals surface area contributed by atoms with Gasteiger partial charge < -0.3 is 14.8 Å². The molecule has 0 fully saturated rings. The first-order chi connectivity index (χ1) is 9.26. The third kappa shape index (κ3) is 3.48. The lowest BCUT2D eigenvalue weighted by Gasteiger charge is -2.35. The van der Waals surface area contributed by atoms with Crippen LogP contribution in [0, 0.1) is 5.92 Å². The summed E-state index contributed by atoms with van der Waals surface area (Å²) in [5.41, 5.74) is 1.28. The van der Waals surface area contributed by atoms with E-state index in [2.05, 4.69) is 37.4 Å². The van der Waals surface area contributed by atoms with E-state index in [1.54, 1.807) is 7.11 Å². The lowest BCUT2D eigenvalue weighted by molar-refractivity contribution is 0.131. The van der Waals surface area contributed by atoms with Crippen LogP contribution in [-0.2, 0) is 4.74 Å². The molecule has 0 radical (unpaired) electrons. The van der Waals surface area contributed by atoms with Crippen molar-refractivity contribution < 1.29 is 9.47 Å². The Balaban J connectivity index is 2.13. The van der Waals surface area contributed by atoms with E-state index in [0.29, 0.717) is 18.0 Å². The van der Waals surface area contributed by atoms with Gasteiger partial charge in [0.25, 0.3) is 0 Å². The van der Waals surface area contributed by atoms with Gasteiger partial charge in [0.15, 0.2) is 0 Å². The van der Waals surface area contributed by atoms with Crippen molar-refractivity contribution in [2.24, 2.45) is 5.92 Å². The third-order valence-corrected chi connectivity index (χ3v) is 3.75. The van der Waals surface area contributed by atoms with Crippen LogP contribution in [0.3, 0.4) is 0 Å². The van der Waals surface area contributed by atoms with Gasteiger partial charge in [0.05, 0.1) is 13.2 Å². The Morgan fingerprint density at radius 1 is 1.42 bits per heavy atom. The maximum atomic E-state index is 5.80. The van der Waals surface area contributed by atoms with Gasteiger partial charge in [-0.25, -0.2) is 0 Å². The van der Waals surface area contributed by atoms with Gasteiger partial charge in [0.1, 0.15) is 5.75 Å². The third-order valence-electron chi connectivity index (χ3n) is 3.75. The molecule has 3 atom stereocenters. The van der Waals surface area contributed by atoms with Crippen LogP contribution in [0.2, 0.25) is 0 Å².